The van der Waals surface area contributed by atoms with Crippen molar-refractivity contribution in [1.29, 1.82) is 0 Å². The molecular formula is C11H7N5O2S. The van der Waals surface area contributed by atoms with Crippen molar-refractivity contribution in [3.8, 4) is 17.2 Å². The van der Waals surface area contributed by atoms with Crippen LogP contribution < -0.4 is 9.47 Å². The van der Waals surface area contributed by atoms with Crippen LogP contribution in [-0.4, -0.2) is 31.8 Å². The van der Waals surface area contributed by atoms with Crippen LogP contribution in [0.5, 0.6) is 11.5 Å². The van der Waals surface area contributed by atoms with Gasteiger partial charge < -0.3 is 14.5 Å². The third kappa shape index (κ3) is 1.50. The van der Waals surface area contributed by atoms with Gasteiger partial charge in [-0.1, -0.05) is 17.4 Å². The fourth-order valence-electron chi connectivity index (χ4n) is 1.97. The molecule has 1 aromatic carbocycles. The predicted octanol–water partition coefficient (Wildman–Crippen LogP) is 1.60. The Balaban J connectivity index is 1.95. The molecule has 0 amide bonds. The lowest BCUT2D eigenvalue weighted by molar-refractivity contribution is 0.174. The van der Waals surface area contributed by atoms with E-state index in [2.05, 4.69) is 20.3 Å². The van der Waals surface area contributed by atoms with E-state index in [4.69, 9.17) is 21.7 Å². The molecule has 19 heavy (non-hydrogen) atoms. The highest BCUT2D eigenvalue weighted by Gasteiger charge is 2.16. The molecule has 1 aliphatic rings. The Bertz CT molecular complexity index is 840. The van der Waals surface area contributed by atoms with Crippen LogP contribution in [0, 0.1) is 4.64 Å². The number of benzene rings is 1. The summed E-state index contributed by atoms with van der Waals surface area (Å²) >= 11 is 5.10. The summed E-state index contributed by atoms with van der Waals surface area (Å²) in [4.78, 5) is 6.97. The Hall–Kier alpha value is -2.48. The molecule has 94 valence electrons. The first kappa shape index (κ1) is 10.4. The molecule has 2 aromatic heterocycles. The lowest BCUT2D eigenvalue weighted by Gasteiger charge is -2.03. The molecule has 0 aliphatic carbocycles. The number of rotatable bonds is 1. The van der Waals surface area contributed by atoms with Gasteiger partial charge >= 0.3 is 0 Å². The topological polar surface area (TPSA) is 77.9 Å². The zero-order valence-corrected chi connectivity index (χ0v) is 10.3. The molecule has 0 radical (unpaired) electrons. The summed E-state index contributed by atoms with van der Waals surface area (Å²) in [6.07, 6.45) is 1.53. The highest BCUT2D eigenvalue weighted by atomic mass is 32.1. The highest BCUT2D eigenvalue weighted by molar-refractivity contribution is 7.71. The number of hydrogen-bond donors (Lipinski definition) is 1. The summed E-state index contributed by atoms with van der Waals surface area (Å²) in [6.45, 7) is 0.239. The molecular weight excluding hydrogens is 266 g/mol. The molecule has 0 unspecified atom stereocenters. The van der Waals surface area contributed by atoms with Gasteiger partial charge in [-0.15, -0.1) is 5.10 Å². The molecule has 0 saturated heterocycles. The molecule has 0 bridgehead atoms. The van der Waals surface area contributed by atoms with E-state index in [0.29, 0.717) is 21.6 Å². The van der Waals surface area contributed by atoms with E-state index in [0.717, 1.165) is 11.4 Å². The number of hydrogen-bond acceptors (Lipinski definition) is 6. The number of fused-ring (bicyclic) bond motifs is 2. The Labute approximate surface area is 111 Å². The van der Waals surface area contributed by atoms with Gasteiger partial charge in [-0.3, -0.25) is 0 Å². The van der Waals surface area contributed by atoms with Crippen molar-refractivity contribution < 1.29 is 9.47 Å². The zero-order valence-electron chi connectivity index (χ0n) is 9.53. The summed E-state index contributed by atoms with van der Waals surface area (Å²) in [5.41, 5.74) is 2.07. The van der Waals surface area contributed by atoms with Crippen molar-refractivity contribution in [3.05, 3.63) is 29.2 Å². The first-order chi connectivity index (χ1) is 9.33. The number of ether oxygens (including phenoxy) is 2. The molecule has 3 aromatic rings. The monoisotopic (exact) mass is 273 g/mol. The number of aromatic nitrogens is 5. The van der Waals surface area contributed by atoms with Crippen molar-refractivity contribution in [2.75, 3.05) is 6.79 Å². The Morgan fingerprint density at radius 3 is 3.11 bits per heavy atom. The van der Waals surface area contributed by atoms with E-state index in [-0.39, 0.29) is 6.79 Å². The molecule has 0 saturated carbocycles. The van der Waals surface area contributed by atoms with Gasteiger partial charge in [-0.25, -0.2) is 4.98 Å². The normalized spacial score (nSPS) is 13.1. The number of nitrogens with zero attached hydrogens (tertiary/aromatic N) is 4. The predicted molar refractivity (Wildman–Crippen MR) is 68.0 cm³/mol. The summed E-state index contributed by atoms with van der Waals surface area (Å²) in [5, 5.41) is 8.12. The summed E-state index contributed by atoms with van der Waals surface area (Å²) in [5.74, 6) is 1.41. The van der Waals surface area contributed by atoms with Crippen molar-refractivity contribution >= 4 is 23.4 Å². The average molecular weight is 273 g/mol. The molecule has 3 heterocycles. The van der Waals surface area contributed by atoms with Crippen molar-refractivity contribution in [3.63, 3.8) is 0 Å². The van der Waals surface area contributed by atoms with Gasteiger partial charge in [-0.2, -0.15) is 4.68 Å². The second-order valence-corrected chi connectivity index (χ2v) is 4.33. The third-order valence-corrected chi connectivity index (χ3v) is 3.16. The van der Waals surface area contributed by atoms with Gasteiger partial charge in [0.05, 0.1) is 12.0 Å². The Morgan fingerprint density at radius 2 is 2.16 bits per heavy atom. The number of nitrogens with one attached hydrogen (secondary N) is 1. The highest BCUT2D eigenvalue weighted by Crippen LogP contribution is 2.33. The minimum atomic E-state index is 0.239. The maximum Gasteiger partial charge on any atom is 0.231 e. The Kier molecular flexibility index (Phi) is 2.06. The lowest BCUT2D eigenvalue weighted by atomic mass is 10.3. The van der Waals surface area contributed by atoms with Crippen LogP contribution in [0.3, 0.4) is 0 Å². The number of aromatic amines is 1. The van der Waals surface area contributed by atoms with Gasteiger partial charge in [0.1, 0.15) is 0 Å². The number of H-pyrrole nitrogens is 1. The first-order valence-corrected chi connectivity index (χ1v) is 5.93. The van der Waals surface area contributed by atoms with E-state index >= 15 is 0 Å². The minimum Gasteiger partial charge on any atom is -0.454 e. The van der Waals surface area contributed by atoms with Gasteiger partial charge in [0, 0.05) is 6.07 Å². The minimum absolute atomic E-state index is 0.239. The van der Waals surface area contributed by atoms with Crippen molar-refractivity contribution in [2.24, 2.45) is 0 Å². The SMILES string of the molecule is S=c1nc[nH]c2c1nnn2-c1ccc2c(c1)OCO2. The van der Waals surface area contributed by atoms with Crippen molar-refractivity contribution in [1.82, 2.24) is 25.0 Å². The summed E-state index contributed by atoms with van der Waals surface area (Å²) in [6, 6.07) is 5.55. The van der Waals surface area contributed by atoms with Gasteiger partial charge in [0.15, 0.2) is 27.3 Å². The third-order valence-electron chi connectivity index (χ3n) is 2.86. The zero-order chi connectivity index (χ0) is 12.8. The molecule has 0 fully saturated rings. The van der Waals surface area contributed by atoms with Gasteiger partial charge in [-0.05, 0) is 12.1 Å². The molecule has 0 atom stereocenters. The first-order valence-electron chi connectivity index (χ1n) is 5.52. The van der Waals surface area contributed by atoms with E-state index in [1.165, 1.54) is 6.33 Å². The molecule has 4 rings (SSSR count). The van der Waals surface area contributed by atoms with Gasteiger partial charge in [0.2, 0.25) is 6.79 Å². The van der Waals surface area contributed by atoms with E-state index < -0.39 is 0 Å². The fraction of sp³-hybridized carbons (Fsp3) is 0.0909. The molecule has 1 aliphatic heterocycles. The summed E-state index contributed by atoms with van der Waals surface area (Å²) < 4.78 is 12.7. The molecule has 7 nitrogen and oxygen atoms in total. The van der Waals surface area contributed by atoms with Crippen LogP contribution in [-0.2, 0) is 0 Å². The van der Waals surface area contributed by atoms with Crippen molar-refractivity contribution in [2.45, 2.75) is 0 Å². The van der Waals surface area contributed by atoms with Crippen LogP contribution in [0.4, 0.5) is 0 Å². The van der Waals surface area contributed by atoms with E-state index in [1.807, 2.05) is 18.2 Å². The second-order valence-electron chi connectivity index (χ2n) is 3.94. The van der Waals surface area contributed by atoms with Crippen LogP contribution >= 0.6 is 12.2 Å². The van der Waals surface area contributed by atoms with E-state index in [1.54, 1.807) is 4.68 Å². The smallest absolute Gasteiger partial charge is 0.231 e. The molecule has 1 N–H and O–H groups in total. The maximum atomic E-state index is 5.35. The van der Waals surface area contributed by atoms with Crippen LogP contribution in [0.25, 0.3) is 16.9 Å². The van der Waals surface area contributed by atoms with E-state index in [9.17, 15) is 0 Å². The van der Waals surface area contributed by atoms with Crippen LogP contribution in [0.2, 0.25) is 0 Å². The second kappa shape index (κ2) is 3.75. The van der Waals surface area contributed by atoms with Crippen LogP contribution in [0.15, 0.2) is 24.5 Å². The Morgan fingerprint density at radius 1 is 1.26 bits per heavy atom. The quantitative estimate of drug-likeness (QED) is 0.678. The molecule has 8 heteroatoms. The standard InChI is InChI=1S/C11H7N5O2S/c19-11-9-10(12-4-13-11)16(15-14-9)6-1-2-7-8(3-6)18-5-17-7/h1-4H,5H2,(H,12,13,19). The maximum absolute atomic E-state index is 5.35. The summed E-state index contributed by atoms with van der Waals surface area (Å²) in [7, 11) is 0. The van der Waals surface area contributed by atoms with Crippen LogP contribution in [0.1, 0.15) is 0 Å². The average Bonchev–Trinajstić information content (AvgIpc) is 3.04. The van der Waals surface area contributed by atoms with Gasteiger partial charge in [0.25, 0.3) is 0 Å². The largest absolute Gasteiger partial charge is 0.454 e. The molecule has 0 spiro atoms. The fourth-order valence-corrected chi connectivity index (χ4v) is 2.16. The lowest BCUT2D eigenvalue weighted by Crippen LogP contribution is -1.98.